The van der Waals surface area contributed by atoms with Gasteiger partial charge in [-0.1, -0.05) is 35.3 Å². The van der Waals surface area contributed by atoms with Crippen LogP contribution in [0.15, 0.2) is 60.9 Å². The highest BCUT2D eigenvalue weighted by atomic mass is 35.5. The van der Waals surface area contributed by atoms with Crippen LogP contribution < -0.4 is 10.2 Å². The molecule has 9 nitrogen and oxygen atoms in total. The van der Waals surface area contributed by atoms with Crippen LogP contribution in [-0.2, 0) is 11.2 Å². The van der Waals surface area contributed by atoms with E-state index in [0.717, 1.165) is 84.2 Å². The number of anilines is 1. The normalized spacial score (nSPS) is 25.7. The van der Waals surface area contributed by atoms with E-state index in [0.29, 0.717) is 40.1 Å². The molecule has 6 fully saturated rings. The summed E-state index contributed by atoms with van der Waals surface area (Å²) >= 11 is 13.2. The largest absolute Gasteiger partial charge is 0.369 e. The molecular formula is C43H39Cl2FN8O. The van der Waals surface area contributed by atoms with Crippen LogP contribution >= 0.6 is 23.2 Å². The molecule has 6 aromatic rings. The molecule has 4 aliphatic heterocycles. The number of piperidine rings is 1. The highest BCUT2D eigenvalue weighted by Gasteiger charge is 2.55. The van der Waals surface area contributed by atoms with Crippen LogP contribution in [-0.4, -0.2) is 61.7 Å². The third kappa shape index (κ3) is 5.02. The van der Waals surface area contributed by atoms with E-state index < -0.39 is 5.82 Å². The summed E-state index contributed by atoms with van der Waals surface area (Å²) in [5.74, 6) is 0.523. The molecule has 2 saturated carbocycles. The maximum absolute atomic E-state index is 17.4. The molecule has 0 radical (unpaired) electrons. The fourth-order valence-electron chi connectivity index (χ4n) is 10.6. The summed E-state index contributed by atoms with van der Waals surface area (Å²) < 4.78 is 21.7. The zero-order valence-electron chi connectivity index (χ0n) is 30.4. The Morgan fingerprint density at radius 1 is 1.07 bits per heavy atom. The van der Waals surface area contributed by atoms with Gasteiger partial charge in [0.05, 0.1) is 45.3 Å². The summed E-state index contributed by atoms with van der Waals surface area (Å²) in [5, 5.41) is 20.2. The maximum atomic E-state index is 17.4. The monoisotopic (exact) mass is 772 g/mol. The molecule has 1 N–H and O–H groups in total. The average Bonchev–Trinajstić information content (AvgIpc) is 3.55. The van der Waals surface area contributed by atoms with Crippen LogP contribution in [0.2, 0.25) is 10.0 Å². The van der Waals surface area contributed by atoms with Gasteiger partial charge in [0.1, 0.15) is 5.52 Å². The Kier molecular flexibility index (Phi) is 7.59. The van der Waals surface area contributed by atoms with Gasteiger partial charge in [0, 0.05) is 95.3 Å². The standard InChI is InChI=1S/C43H39Cl2FN8O/c1-22-31-18-35(41-26-14-29(53(41)43(55)23-7-8-23)21-51(20-26)27-10-13-52-28(17-27)9-12-49-52)54(40-25-16-34(40)48-19-25)42(31)32-15-24(4-3-11-47)36(38(46)39(32)50-22)30-5-2-6-33(44)37(30)45/h2,5-6,9-10,12-13,15,17-18,23,25-26,29,34,40-41,48H,3-4,7-8,14,16,19-21H2,1H3. The summed E-state index contributed by atoms with van der Waals surface area (Å²) in [6.45, 7) is 4.50. The van der Waals surface area contributed by atoms with Crippen molar-refractivity contribution in [3.05, 3.63) is 93.7 Å². The lowest BCUT2D eigenvalue weighted by Crippen LogP contribution is -2.45. The highest BCUT2D eigenvalue weighted by molar-refractivity contribution is 6.43. The predicted molar refractivity (Wildman–Crippen MR) is 212 cm³/mol. The number of carbonyl (C=O) groups is 1. The summed E-state index contributed by atoms with van der Waals surface area (Å²) in [6.07, 6.45) is 8.32. The lowest BCUT2D eigenvalue weighted by atomic mass is 9.79. The minimum atomic E-state index is -0.461. The first-order valence-corrected chi connectivity index (χ1v) is 20.3. The third-order valence-electron chi connectivity index (χ3n) is 13.3. The first-order chi connectivity index (χ1) is 26.8. The Labute approximate surface area is 327 Å². The number of benzene rings is 2. The zero-order chi connectivity index (χ0) is 37.3. The fourth-order valence-corrected chi connectivity index (χ4v) is 11.0. The summed E-state index contributed by atoms with van der Waals surface area (Å²) in [5.41, 5.74) is 6.82. The van der Waals surface area contributed by atoms with Gasteiger partial charge in [0.2, 0.25) is 5.91 Å². The number of nitriles is 1. The van der Waals surface area contributed by atoms with Gasteiger partial charge in [-0.25, -0.2) is 13.9 Å². The predicted octanol–water partition coefficient (Wildman–Crippen LogP) is 8.44. The first-order valence-electron chi connectivity index (χ1n) is 19.5. The fraction of sp³-hybridized carbons (Fsp3) is 0.395. The second kappa shape index (κ2) is 12.4. The van der Waals surface area contributed by atoms with Gasteiger partial charge in [-0.3, -0.25) is 4.79 Å². The van der Waals surface area contributed by atoms with Crippen molar-refractivity contribution in [2.24, 2.45) is 17.8 Å². The number of likely N-dealkylation sites (tertiary alicyclic amines) is 1. The van der Waals surface area contributed by atoms with Crippen LogP contribution in [0.1, 0.15) is 61.1 Å². The van der Waals surface area contributed by atoms with Crippen molar-refractivity contribution in [1.29, 1.82) is 5.26 Å². The van der Waals surface area contributed by atoms with Crippen LogP contribution in [0.5, 0.6) is 0 Å². The van der Waals surface area contributed by atoms with Crippen LogP contribution in [0.4, 0.5) is 10.1 Å². The number of rotatable bonds is 7. The number of nitrogens with one attached hydrogen (secondary N) is 1. The van der Waals surface area contributed by atoms with Crippen LogP contribution in [0, 0.1) is 41.8 Å². The second-order valence-electron chi connectivity index (χ2n) is 16.4. The number of amides is 1. The summed E-state index contributed by atoms with van der Waals surface area (Å²) in [6, 6.07) is 18.6. The van der Waals surface area contributed by atoms with E-state index in [4.69, 9.17) is 28.2 Å². The number of carbonyl (C=O) groups excluding carboxylic acids is 1. The van der Waals surface area contributed by atoms with Crippen molar-refractivity contribution in [2.45, 2.75) is 69.6 Å². The van der Waals surface area contributed by atoms with E-state index in [1.807, 2.05) is 36.0 Å². The molecule has 4 saturated heterocycles. The molecule has 4 aromatic heterocycles. The molecule has 6 unspecified atom stereocenters. The van der Waals surface area contributed by atoms with Gasteiger partial charge in [-0.2, -0.15) is 10.4 Å². The maximum Gasteiger partial charge on any atom is 0.226 e. The van der Waals surface area contributed by atoms with Crippen molar-refractivity contribution < 1.29 is 9.18 Å². The Bertz CT molecular complexity index is 2630. The third-order valence-corrected chi connectivity index (χ3v) is 14.1. The molecule has 0 spiro atoms. The Balaban J connectivity index is 1.13. The van der Waals surface area contributed by atoms with Crippen molar-refractivity contribution in [3.63, 3.8) is 0 Å². The SMILES string of the molecule is Cc1nc2c(F)c(-c3cccc(Cl)c3Cl)c(CCC#N)cc2c2c1cc(C1C3CC(CN(c4ccn5nccc5c4)C3)N1C(=O)C1CC1)n2C1C2CNC1C2. The molecule has 12 heteroatoms. The quantitative estimate of drug-likeness (QED) is 0.175. The minimum absolute atomic E-state index is 0.0792. The number of nitrogens with zero attached hydrogens (tertiary/aromatic N) is 7. The Morgan fingerprint density at radius 3 is 2.73 bits per heavy atom. The molecule has 278 valence electrons. The van der Waals surface area contributed by atoms with Crippen LogP contribution in [0.3, 0.4) is 0 Å². The van der Waals surface area contributed by atoms with E-state index in [1.54, 1.807) is 18.2 Å². The van der Waals surface area contributed by atoms with Gasteiger partial charge < -0.3 is 19.7 Å². The van der Waals surface area contributed by atoms with Gasteiger partial charge in [-0.05, 0) is 86.9 Å². The van der Waals surface area contributed by atoms with Crippen molar-refractivity contribution >= 4 is 62.1 Å². The van der Waals surface area contributed by atoms with E-state index in [2.05, 4.69) is 49.1 Å². The molecule has 6 atom stereocenters. The van der Waals surface area contributed by atoms with Gasteiger partial charge in [-0.15, -0.1) is 0 Å². The van der Waals surface area contributed by atoms with Crippen molar-refractivity contribution in [1.82, 2.24) is 29.4 Å². The molecule has 8 heterocycles. The smallest absolute Gasteiger partial charge is 0.226 e. The number of hydrogen-bond acceptors (Lipinski definition) is 6. The van der Waals surface area contributed by atoms with Crippen molar-refractivity contribution in [3.8, 4) is 17.2 Å². The summed E-state index contributed by atoms with van der Waals surface area (Å²) in [7, 11) is 0. The second-order valence-corrected chi connectivity index (χ2v) is 17.2. The Morgan fingerprint density at radius 2 is 1.95 bits per heavy atom. The number of aromatic nitrogens is 4. The van der Waals surface area contributed by atoms with E-state index >= 15 is 4.39 Å². The molecule has 2 aromatic carbocycles. The summed E-state index contributed by atoms with van der Waals surface area (Å²) in [4.78, 5) is 24.2. The zero-order valence-corrected chi connectivity index (χ0v) is 31.9. The molecule has 4 bridgehead atoms. The van der Waals surface area contributed by atoms with E-state index in [9.17, 15) is 10.1 Å². The molecule has 12 rings (SSSR count). The lowest BCUT2D eigenvalue weighted by Gasteiger charge is -2.40. The van der Waals surface area contributed by atoms with Crippen molar-refractivity contribution in [2.75, 3.05) is 24.5 Å². The highest BCUT2D eigenvalue weighted by Crippen LogP contribution is 2.54. The molecule has 2 aliphatic carbocycles. The number of aryl methyl sites for hydroxylation is 2. The molecule has 55 heavy (non-hydrogen) atoms. The van der Waals surface area contributed by atoms with Gasteiger partial charge in [0.25, 0.3) is 0 Å². The average molecular weight is 774 g/mol. The van der Waals surface area contributed by atoms with E-state index in [-0.39, 0.29) is 52.8 Å². The first kappa shape index (κ1) is 33.6. The molecule has 6 aliphatic rings. The van der Waals surface area contributed by atoms with E-state index in [1.165, 1.54) is 0 Å². The lowest BCUT2D eigenvalue weighted by molar-refractivity contribution is -0.135. The van der Waals surface area contributed by atoms with Crippen LogP contribution in [0.25, 0.3) is 38.4 Å². The molecule has 1 amide bonds. The number of hydrogen-bond donors (Lipinski definition) is 1. The topological polar surface area (TPSA) is 94.5 Å². The molecular weight excluding hydrogens is 734 g/mol. The number of pyridine rings is 2. The number of fused-ring (bicyclic) bond motifs is 7. The van der Waals surface area contributed by atoms with Gasteiger partial charge >= 0.3 is 0 Å². The number of halogens is 3. The Hall–Kier alpha value is -4.69. The van der Waals surface area contributed by atoms with Gasteiger partial charge in [0.15, 0.2) is 5.82 Å². The minimum Gasteiger partial charge on any atom is -0.369 e.